The first-order valence-electron chi connectivity index (χ1n) is 7.60. The molecule has 0 bridgehead atoms. The van der Waals surface area contributed by atoms with Gasteiger partial charge in [0.1, 0.15) is 11.4 Å². The van der Waals surface area contributed by atoms with Gasteiger partial charge in [-0.05, 0) is 44.0 Å². The summed E-state index contributed by atoms with van der Waals surface area (Å²) in [5, 5.41) is 13.3. The third kappa shape index (κ3) is 3.99. The second-order valence-electron chi connectivity index (χ2n) is 5.33. The highest BCUT2D eigenvalue weighted by Crippen LogP contribution is 2.24. The number of aromatic nitrogens is 2. The van der Waals surface area contributed by atoms with Crippen LogP contribution in [0.2, 0.25) is 5.02 Å². The smallest absolute Gasteiger partial charge is 0.341 e. The number of benzene rings is 1. The molecule has 0 radical (unpaired) electrons. The second kappa shape index (κ2) is 7.42. The van der Waals surface area contributed by atoms with Gasteiger partial charge in [0.05, 0.1) is 5.69 Å². The van der Waals surface area contributed by atoms with Gasteiger partial charge in [-0.3, -0.25) is 0 Å². The molecule has 0 aliphatic heterocycles. The molecule has 6 heteroatoms. The van der Waals surface area contributed by atoms with Gasteiger partial charge in [0.15, 0.2) is 5.82 Å². The SMILES string of the molecule is CCC(CC)Nc1nc(-c2ccc(Cl)cc2)nc(C)c1C(=O)O. The van der Waals surface area contributed by atoms with E-state index in [4.69, 9.17) is 11.6 Å². The molecule has 0 aliphatic carbocycles. The fourth-order valence-electron chi connectivity index (χ4n) is 2.35. The van der Waals surface area contributed by atoms with Gasteiger partial charge in [-0.1, -0.05) is 25.4 Å². The van der Waals surface area contributed by atoms with E-state index in [1.807, 2.05) is 12.1 Å². The molecule has 0 fully saturated rings. The van der Waals surface area contributed by atoms with E-state index < -0.39 is 5.97 Å². The molecule has 0 saturated carbocycles. The molecular weight excluding hydrogens is 314 g/mol. The number of hydrogen-bond acceptors (Lipinski definition) is 4. The maximum atomic E-state index is 11.6. The first kappa shape index (κ1) is 17.2. The lowest BCUT2D eigenvalue weighted by atomic mass is 10.1. The van der Waals surface area contributed by atoms with E-state index in [1.54, 1.807) is 19.1 Å². The van der Waals surface area contributed by atoms with Crippen LogP contribution in [0.3, 0.4) is 0 Å². The van der Waals surface area contributed by atoms with Crippen LogP contribution in [0.5, 0.6) is 0 Å². The Morgan fingerprint density at radius 3 is 2.35 bits per heavy atom. The number of nitrogens with zero attached hydrogens (tertiary/aromatic N) is 2. The molecule has 1 heterocycles. The van der Waals surface area contributed by atoms with Gasteiger partial charge in [0, 0.05) is 16.6 Å². The first-order valence-corrected chi connectivity index (χ1v) is 7.98. The van der Waals surface area contributed by atoms with E-state index in [0.29, 0.717) is 22.4 Å². The third-order valence-corrected chi connectivity index (χ3v) is 3.98. The first-order chi connectivity index (χ1) is 11.0. The lowest BCUT2D eigenvalue weighted by Gasteiger charge is -2.18. The summed E-state index contributed by atoms with van der Waals surface area (Å²) >= 11 is 5.90. The molecule has 0 saturated heterocycles. The quantitative estimate of drug-likeness (QED) is 0.819. The summed E-state index contributed by atoms with van der Waals surface area (Å²) in [6, 6.07) is 7.32. The Hall–Kier alpha value is -2.14. The molecule has 1 aromatic carbocycles. The average Bonchev–Trinajstić information content (AvgIpc) is 2.52. The van der Waals surface area contributed by atoms with Crippen LogP contribution in [0, 0.1) is 6.92 Å². The van der Waals surface area contributed by atoms with Crippen LogP contribution in [0.25, 0.3) is 11.4 Å². The van der Waals surface area contributed by atoms with E-state index in [1.165, 1.54) is 0 Å². The molecule has 2 aromatic rings. The number of aryl methyl sites for hydroxylation is 1. The molecule has 5 nitrogen and oxygen atoms in total. The summed E-state index contributed by atoms with van der Waals surface area (Å²) in [6.07, 6.45) is 1.77. The van der Waals surface area contributed by atoms with Crippen LogP contribution >= 0.6 is 11.6 Å². The van der Waals surface area contributed by atoms with Crippen LogP contribution in [0.4, 0.5) is 5.82 Å². The molecule has 2 N–H and O–H groups in total. The van der Waals surface area contributed by atoms with Crippen LogP contribution in [-0.2, 0) is 0 Å². The summed E-state index contributed by atoms with van der Waals surface area (Å²) in [5.74, 6) is -0.181. The minimum atomic E-state index is -1.03. The standard InChI is InChI=1S/C17H20ClN3O2/c1-4-13(5-2)20-16-14(17(22)23)10(3)19-15(21-16)11-6-8-12(18)9-7-11/h6-9,13H,4-5H2,1-3H3,(H,22,23)(H,19,20,21). The maximum absolute atomic E-state index is 11.6. The molecule has 23 heavy (non-hydrogen) atoms. The van der Waals surface area contributed by atoms with Crippen molar-refractivity contribution >= 4 is 23.4 Å². The van der Waals surface area contributed by atoms with Crippen molar-refractivity contribution < 1.29 is 9.90 Å². The van der Waals surface area contributed by atoms with E-state index in [-0.39, 0.29) is 11.6 Å². The maximum Gasteiger partial charge on any atom is 0.341 e. The molecule has 0 amide bonds. The van der Waals surface area contributed by atoms with E-state index in [2.05, 4.69) is 29.1 Å². The molecule has 0 aliphatic rings. The number of carbonyl (C=O) groups is 1. The van der Waals surface area contributed by atoms with Gasteiger partial charge in [-0.25, -0.2) is 14.8 Å². The van der Waals surface area contributed by atoms with Crippen LogP contribution in [0.1, 0.15) is 42.7 Å². The molecular formula is C17H20ClN3O2. The molecule has 2 rings (SSSR count). The molecule has 0 unspecified atom stereocenters. The fraction of sp³-hybridized carbons (Fsp3) is 0.353. The number of rotatable bonds is 6. The summed E-state index contributed by atoms with van der Waals surface area (Å²) in [7, 11) is 0. The molecule has 0 spiro atoms. The second-order valence-corrected chi connectivity index (χ2v) is 5.76. The lowest BCUT2D eigenvalue weighted by molar-refractivity contribution is 0.0696. The summed E-state index contributed by atoms with van der Waals surface area (Å²) < 4.78 is 0. The van der Waals surface area contributed by atoms with Crippen LogP contribution in [-0.4, -0.2) is 27.1 Å². The third-order valence-electron chi connectivity index (χ3n) is 3.73. The van der Waals surface area contributed by atoms with Crippen molar-refractivity contribution in [1.29, 1.82) is 0 Å². The molecule has 122 valence electrons. The zero-order valence-corrected chi connectivity index (χ0v) is 14.2. The van der Waals surface area contributed by atoms with E-state index in [9.17, 15) is 9.90 Å². The monoisotopic (exact) mass is 333 g/mol. The zero-order chi connectivity index (χ0) is 17.0. The van der Waals surface area contributed by atoms with Gasteiger partial charge in [0.25, 0.3) is 0 Å². The number of anilines is 1. The van der Waals surface area contributed by atoms with Crippen molar-refractivity contribution in [2.24, 2.45) is 0 Å². The highest BCUT2D eigenvalue weighted by atomic mass is 35.5. The van der Waals surface area contributed by atoms with Crippen LogP contribution < -0.4 is 5.32 Å². The Bertz CT molecular complexity index is 698. The number of nitrogens with one attached hydrogen (secondary N) is 1. The van der Waals surface area contributed by atoms with Crippen molar-refractivity contribution in [2.45, 2.75) is 39.7 Å². The van der Waals surface area contributed by atoms with Crippen molar-refractivity contribution in [2.75, 3.05) is 5.32 Å². The highest BCUT2D eigenvalue weighted by Gasteiger charge is 2.20. The van der Waals surface area contributed by atoms with Gasteiger partial charge in [0.2, 0.25) is 0 Å². The fourth-order valence-corrected chi connectivity index (χ4v) is 2.47. The zero-order valence-electron chi connectivity index (χ0n) is 13.4. The minimum absolute atomic E-state index is 0.120. The van der Waals surface area contributed by atoms with Gasteiger partial charge >= 0.3 is 5.97 Å². The summed E-state index contributed by atoms with van der Waals surface area (Å²) in [4.78, 5) is 20.3. The van der Waals surface area contributed by atoms with Crippen molar-refractivity contribution in [3.8, 4) is 11.4 Å². The summed E-state index contributed by atoms with van der Waals surface area (Å²) in [5.41, 5.74) is 1.35. The number of halogens is 1. The van der Waals surface area contributed by atoms with Gasteiger partial charge in [-0.2, -0.15) is 0 Å². The molecule has 1 aromatic heterocycles. The normalized spacial score (nSPS) is 10.8. The Balaban J connectivity index is 2.52. The predicted molar refractivity (Wildman–Crippen MR) is 92.2 cm³/mol. The predicted octanol–water partition coefficient (Wildman–Crippen LogP) is 4.40. The average molecular weight is 334 g/mol. The van der Waals surface area contributed by atoms with Gasteiger partial charge < -0.3 is 10.4 Å². The lowest BCUT2D eigenvalue weighted by Crippen LogP contribution is -2.21. The Morgan fingerprint density at radius 2 is 1.83 bits per heavy atom. The Kier molecular flexibility index (Phi) is 5.55. The van der Waals surface area contributed by atoms with E-state index in [0.717, 1.165) is 18.4 Å². The van der Waals surface area contributed by atoms with Gasteiger partial charge in [-0.15, -0.1) is 0 Å². The number of aromatic carboxylic acids is 1. The number of carboxylic acid groups (broad SMARTS) is 1. The highest BCUT2D eigenvalue weighted by molar-refractivity contribution is 6.30. The summed E-state index contributed by atoms with van der Waals surface area (Å²) in [6.45, 7) is 5.79. The Labute approximate surface area is 140 Å². The topological polar surface area (TPSA) is 75.1 Å². The van der Waals surface area contributed by atoms with E-state index >= 15 is 0 Å². The van der Waals surface area contributed by atoms with Crippen molar-refractivity contribution in [1.82, 2.24) is 9.97 Å². The molecule has 0 atom stereocenters. The number of carboxylic acids is 1. The largest absolute Gasteiger partial charge is 0.477 e. The van der Waals surface area contributed by atoms with Crippen LogP contribution in [0.15, 0.2) is 24.3 Å². The van der Waals surface area contributed by atoms with Crippen molar-refractivity contribution in [3.63, 3.8) is 0 Å². The minimum Gasteiger partial charge on any atom is -0.477 e. The number of hydrogen-bond donors (Lipinski definition) is 2. The Morgan fingerprint density at radius 1 is 1.22 bits per heavy atom. The van der Waals surface area contributed by atoms with Crippen molar-refractivity contribution in [3.05, 3.63) is 40.5 Å².